The molecular formula is C102H66N4O2S4. The average Bonchev–Trinajstić information content (AvgIpc) is 1.59. The second-order valence-electron chi connectivity index (χ2n) is 28.0. The first-order valence-electron chi connectivity index (χ1n) is 37.5. The number of hydrogen-bond acceptors (Lipinski definition) is 10. The molecule has 0 fully saturated rings. The molecule has 6 heterocycles. The zero-order valence-electron chi connectivity index (χ0n) is 60.2. The van der Waals surface area contributed by atoms with E-state index in [1.165, 1.54) is 135 Å². The molecule has 0 atom stereocenters. The maximum absolute atomic E-state index is 6.43. The van der Waals surface area contributed by atoms with Crippen molar-refractivity contribution in [1.82, 2.24) is 0 Å². The summed E-state index contributed by atoms with van der Waals surface area (Å²) >= 11 is 7.42. The Morgan fingerprint density at radius 3 is 1.41 bits per heavy atom. The number of rotatable bonds is 9. The largest absolute Gasteiger partial charge is 0.454 e. The molecule has 4 N–H and O–H groups in total. The molecule has 6 aromatic heterocycles. The van der Waals surface area contributed by atoms with E-state index < -0.39 is 0 Å². The Bertz CT molecular complexity index is 7710. The van der Waals surface area contributed by atoms with Gasteiger partial charge in [0.15, 0.2) is 11.2 Å². The molecule has 0 unspecified atom stereocenters. The number of benzene rings is 18. The monoisotopic (exact) mass is 1510 g/mol. The van der Waals surface area contributed by atoms with Gasteiger partial charge in [-0.15, -0.1) is 45.3 Å². The van der Waals surface area contributed by atoms with Crippen molar-refractivity contribution in [3.63, 3.8) is 0 Å². The Morgan fingerprint density at radius 2 is 0.661 bits per heavy atom. The number of para-hydroxylation sites is 5. The third kappa shape index (κ3) is 12.2. The highest BCUT2D eigenvalue weighted by Crippen LogP contribution is 2.48. The molecular weight excluding hydrogens is 1440 g/mol. The van der Waals surface area contributed by atoms with Gasteiger partial charge < -0.3 is 30.1 Å². The summed E-state index contributed by atoms with van der Waals surface area (Å²) in [4.78, 5) is 0. The molecule has 18 aromatic carbocycles. The van der Waals surface area contributed by atoms with E-state index in [0.717, 1.165) is 78.3 Å². The van der Waals surface area contributed by atoms with Crippen LogP contribution >= 0.6 is 45.3 Å². The van der Waals surface area contributed by atoms with Gasteiger partial charge in [0.2, 0.25) is 0 Å². The van der Waals surface area contributed by atoms with Gasteiger partial charge in [-0.05, 0) is 147 Å². The van der Waals surface area contributed by atoms with Gasteiger partial charge in [-0.3, -0.25) is 0 Å². The summed E-state index contributed by atoms with van der Waals surface area (Å²) in [5.74, 6) is 0. The Balaban J connectivity index is 0.0000000953. The molecule has 0 aliphatic carbocycles. The molecule has 0 amide bonds. The summed E-state index contributed by atoms with van der Waals surface area (Å²) in [6.07, 6.45) is 0. The van der Waals surface area contributed by atoms with E-state index in [1.807, 2.05) is 87.8 Å². The normalized spacial score (nSPS) is 11.6. The lowest BCUT2D eigenvalue weighted by Gasteiger charge is -2.10. The van der Waals surface area contributed by atoms with Crippen LogP contribution in [0.15, 0.2) is 385 Å². The summed E-state index contributed by atoms with van der Waals surface area (Å²) in [5.41, 5.74) is 14.8. The molecule has 10 heteroatoms. The number of furan rings is 2. The van der Waals surface area contributed by atoms with Gasteiger partial charge >= 0.3 is 0 Å². The summed E-state index contributed by atoms with van der Waals surface area (Å²) in [7, 11) is 0. The topological polar surface area (TPSA) is 74.4 Å². The van der Waals surface area contributed by atoms with Gasteiger partial charge in [0, 0.05) is 116 Å². The van der Waals surface area contributed by atoms with Crippen molar-refractivity contribution >= 4 is 248 Å². The molecule has 0 saturated heterocycles. The van der Waals surface area contributed by atoms with Crippen molar-refractivity contribution in [2.45, 2.75) is 0 Å². The summed E-state index contributed by atoms with van der Waals surface area (Å²) in [5, 5.41) is 37.2. The first-order valence-corrected chi connectivity index (χ1v) is 40.8. The van der Waals surface area contributed by atoms with Gasteiger partial charge in [0.25, 0.3) is 0 Å². The highest BCUT2D eigenvalue weighted by Gasteiger charge is 2.19. The Morgan fingerprint density at radius 1 is 0.196 bits per heavy atom. The van der Waals surface area contributed by atoms with Crippen molar-refractivity contribution in [3.05, 3.63) is 376 Å². The predicted octanol–water partition coefficient (Wildman–Crippen LogP) is 32.1. The fourth-order valence-electron chi connectivity index (χ4n) is 16.0. The number of thiophene rings is 4. The fourth-order valence-corrected chi connectivity index (χ4v) is 20.9. The predicted molar refractivity (Wildman–Crippen MR) is 489 cm³/mol. The number of nitrogens with one attached hydrogen (secondary N) is 4. The van der Waals surface area contributed by atoms with Gasteiger partial charge in [-0.2, -0.15) is 0 Å². The third-order valence-electron chi connectivity index (χ3n) is 21.2. The van der Waals surface area contributed by atoms with E-state index in [4.69, 9.17) is 8.83 Å². The van der Waals surface area contributed by atoms with Crippen LogP contribution in [0.1, 0.15) is 0 Å². The van der Waals surface area contributed by atoms with E-state index in [9.17, 15) is 0 Å². The molecule has 0 spiro atoms. The van der Waals surface area contributed by atoms with Crippen LogP contribution in [-0.2, 0) is 0 Å². The maximum Gasteiger partial charge on any atom is 0.158 e. The first kappa shape index (κ1) is 66.6. The summed E-state index contributed by atoms with van der Waals surface area (Å²) in [6.45, 7) is 0. The van der Waals surface area contributed by atoms with E-state index in [-0.39, 0.29) is 0 Å². The Labute approximate surface area is 659 Å². The quantitative estimate of drug-likeness (QED) is 0.115. The minimum absolute atomic E-state index is 0.891. The zero-order valence-corrected chi connectivity index (χ0v) is 63.5. The zero-order chi connectivity index (χ0) is 74.0. The number of hydrogen-bond donors (Lipinski definition) is 4. The van der Waals surface area contributed by atoms with E-state index in [2.05, 4.69) is 355 Å². The van der Waals surface area contributed by atoms with E-state index in [1.54, 1.807) is 0 Å². The molecule has 0 aliphatic heterocycles. The standard InChI is InChI=1S/C32H19NOS.C24H15NOS.C24H17NS.C22H15NS/c1-3-9-21-19(7-1)16-18-28-29(21)25-12-6-13-26(30(25)34-28)33-27-14-5-11-23-24-17-15-20-8-2-4-10-22(20)31(24)35-32(23)27;1-3-10-21-16(6-1)19-8-5-9-20(24(19)26-21)25-15-12-13-18-17-7-2-4-11-22(17)27-23(18)14-15;1-2-7-18(8-3-1)25-19-15-13-17(14-16-19)20-10-6-11-22-21-9-4-5-12-23(21)26-24(20)22;1-2-9-16(10-3-1)23-19-14-15-8-4-5-11-17(15)21-18-12-6-7-13-20(18)24-22(19)21/h1-18,33H;1-14,25H;1-16,25H;1-14,23H. The van der Waals surface area contributed by atoms with Gasteiger partial charge in [-0.1, -0.05) is 273 Å². The van der Waals surface area contributed by atoms with Crippen LogP contribution in [0, 0.1) is 0 Å². The second-order valence-corrected chi connectivity index (χ2v) is 32.2. The number of anilines is 8. The van der Waals surface area contributed by atoms with Crippen LogP contribution in [-0.4, -0.2) is 0 Å². The van der Waals surface area contributed by atoms with Crippen LogP contribution < -0.4 is 21.3 Å². The lowest BCUT2D eigenvalue weighted by atomic mass is 10.0. The average molecular weight is 1510 g/mol. The SMILES string of the molecule is c1ccc(Nc2cc3ccccc3c3c2sc2ccccc23)cc1.c1ccc(Nc2ccc(-c3cccc4c3sc3ccccc34)cc2)cc1.c1ccc2c(c1)ccc1c3cccc(Nc4cccc5c4oc4ccc6ccccc6c45)c3sc21.c1ccc2c(c1)oc1c(Nc3ccc4c(c3)sc3ccccc34)cccc12. The Kier molecular flexibility index (Phi) is 16.9. The lowest BCUT2D eigenvalue weighted by Crippen LogP contribution is -1.90. The van der Waals surface area contributed by atoms with Crippen molar-refractivity contribution in [1.29, 1.82) is 0 Å². The maximum atomic E-state index is 6.43. The van der Waals surface area contributed by atoms with Crippen LogP contribution in [0.5, 0.6) is 0 Å². The Hall–Kier alpha value is -13.6. The molecule has 0 bridgehead atoms. The summed E-state index contributed by atoms with van der Waals surface area (Å²) < 4.78 is 23.1. The number of fused-ring (bicyclic) bond motifs is 24. The molecule has 112 heavy (non-hydrogen) atoms. The third-order valence-corrected chi connectivity index (χ3v) is 26.0. The highest BCUT2D eigenvalue weighted by molar-refractivity contribution is 7.28. The lowest BCUT2D eigenvalue weighted by molar-refractivity contribution is 0.670. The fraction of sp³-hybridized carbons (Fsp3) is 0. The van der Waals surface area contributed by atoms with Crippen molar-refractivity contribution < 1.29 is 8.83 Å². The molecule has 0 radical (unpaired) electrons. The van der Waals surface area contributed by atoms with Crippen LogP contribution in [0.4, 0.5) is 45.5 Å². The van der Waals surface area contributed by atoms with Crippen LogP contribution in [0.25, 0.3) is 168 Å². The smallest absolute Gasteiger partial charge is 0.158 e. The minimum Gasteiger partial charge on any atom is -0.454 e. The van der Waals surface area contributed by atoms with Gasteiger partial charge in [0.05, 0.1) is 32.1 Å². The molecule has 24 rings (SSSR count). The van der Waals surface area contributed by atoms with Crippen molar-refractivity contribution in [2.24, 2.45) is 0 Å². The molecule has 0 saturated carbocycles. The molecule has 530 valence electrons. The summed E-state index contributed by atoms with van der Waals surface area (Å²) in [6, 6.07) is 132. The molecule has 24 aromatic rings. The molecule has 0 aliphatic rings. The van der Waals surface area contributed by atoms with Crippen molar-refractivity contribution in [2.75, 3.05) is 21.3 Å². The van der Waals surface area contributed by atoms with Gasteiger partial charge in [0.1, 0.15) is 11.2 Å². The molecule has 6 nitrogen and oxygen atoms in total. The van der Waals surface area contributed by atoms with Crippen LogP contribution in [0.3, 0.4) is 0 Å². The minimum atomic E-state index is 0.891. The van der Waals surface area contributed by atoms with Crippen molar-refractivity contribution in [3.8, 4) is 11.1 Å². The van der Waals surface area contributed by atoms with E-state index >= 15 is 0 Å². The van der Waals surface area contributed by atoms with Gasteiger partial charge in [-0.25, -0.2) is 0 Å². The first-order chi connectivity index (χ1) is 55.5. The van der Waals surface area contributed by atoms with E-state index in [0.29, 0.717) is 0 Å². The highest BCUT2D eigenvalue weighted by atomic mass is 32.1. The second kappa shape index (κ2) is 28.5. The van der Waals surface area contributed by atoms with Crippen LogP contribution in [0.2, 0.25) is 0 Å².